The second kappa shape index (κ2) is 6.26. The van der Waals surface area contributed by atoms with Crippen LogP contribution < -0.4 is 0 Å². The molecule has 0 aliphatic heterocycles. The molecule has 4 aromatic rings. The van der Waals surface area contributed by atoms with E-state index in [4.69, 9.17) is 0 Å². The van der Waals surface area contributed by atoms with Crippen LogP contribution in [-0.2, 0) is 0 Å². The molecule has 0 nitrogen and oxygen atoms in total. The van der Waals surface area contributed by atoms with E-state index in [9.17, 15) is 0 Å². The van der Waals surface area contributed by atoms with Crippen molar-refractivity contribution >= 4 is 15.9 Å². The first-order valence-electron chi connectivity index (χ1n) is 8.86. The van der Waals surface area contributed by atoms with Gasteiger partial charge in [-0.2, -0.15) is 0 Å². The Morgan fingerprint density at radius 2 is 1.15 bits per heavy atom. The van der Waals surface area contributed by atoms with Crippen molar-refractivity contribution in [1.29, 1.82) is 0 Å². The third kappa shape index (κ3) is 2.43. The molecule has 0 spiro atoms. The Bertz CT molecular complexity index is 1100. The van der Waals surface area contributed by atoms with E-state index in [0.717, 1.165) is 4.47 Å². The molecule has 0 heterocycles. The average molecular weight is 397 g/mol. The van der Waals surface area contributed by atoms with Crippen LogP contribution >= 0.6 is 15.9 Å². The summed E-state index contributed by atoms with van der Waals surface area (Å²) in [4.78, 5) is 0. The molecule has 5 rings (SSSR count). The molecule has 4 aromatic carbocycles. The molecule has 1 atom stereocenters. The van der Waals surface area contributed by atoms with Gasteiger partial charge < -0.3 is 0 Å². The summed E-state index contributed by atoms with van der Waals surface area (Å²) in [6.45, 7) is 0. The van der Waals surface area contributed by atoms with Gasteiger partial charge in [-0.15, -0.1) is 0 Å². The van der Waals surface area contributed by atoms with Crippen LogP contribution in [0, 0.1) is 0 Å². The van der Waals surface area contributed by atoms with Crippen molar-refractivity contribution in [3.8, 4) is 22.3 Å². The van der Waals surface area contributed by atoms with E-state index in [0.29, 0.717) is 0 Å². The highest BCUT2D eigenvalue weighted by Crippen LogP contribution is 2.50. The van der Waals surface area contributed by atoms with Crippen molar-refractivity contribution in [2.45, 2.75) is 5.92 Å². The molecule has 1 aliphatic rings. The van der Waals surface area contributed by atoms with Gasteiger partial charge in [0.15, 0.2) is 0 Å². The van der Waals surface area contributed by atoms with Gasteiger partial charge in [-0.25, -0.2) is 0 Å². The lowest BCUT2D eigenvalue weighted by atomic mass is 9.88. The second-order valence-corrected chi connectivity index (χ2v) is 7.56. The summed E-state index contributed by atoms with van der Waals surface area (Å²) < 4.78 is 1.16. The summed E-state index contributed by atoms with van der Waals surface area (Å²) in [5, 5.41) is 0. The van der Waals surface area contributed by atoms with Crippen molar-refractivity contribution in [3.05, 3.63) is 118 Å². The predicted octanol–water partition coefficient (Wildman–Crippen LogP) is 7.28. The van der Waals surface area contributed by atoms with Gasteiger partial charge in [-0.05, 0) is 51.1 Å². The Hall–Kier alpha value is -2.64. The van der Waals surface area contributed by atoms with E-state index >= 15 is 0 Å². The van der Waals surface area contributed by atoms with Gasteiger partial charge in [-0.1, -0.05) is 101 Å². The maximum absolute atomic E-state index is 3.77. The van der Waals surface area contributed by atoms with Gasteiger partial charge in [0.25, 0.3) is 0 Å². The highest BCUT2D eigenvalue weighted by molar-refractivity contribution is 9.10. The fraction of sp³-hybridized carbons (Fsp3) is 0.0400. The molecule has 0 N–H and O–H groups in total. The van der Waals surface area contributed by atoms with E-state index in [1.54, 1.807) is 0 Å². The average Bonchev–Trinajstić information content (AvgIpc) is 3.03. The maximum Gasteiger partial charge on any atom is 0.0363 e. The maximum atomic E-state index is 3.77. The van der Waals surface area contributed by atoms with Gasteiger partial charge in [0.1, 0.15) is 0 Å². The van der Waals surface area contributed by atoms with E-state index in [2.05, 4.69) is 113 Å². The summed E-state index contributed by atoms with van der Waals surface area (Å²) in [5.41, 5.74) is 9.33. The van der Waals surface area contributed by atoms with Gasteiger partial charge in [0.2, 0.25) is 0 Å². The summed E-state index contributed by atoms with van der Waals surface area (Å²) in [6.07, 6.45) is 0. The molecule has 1 unspecified atom stereocenters. The van der Waals surface area contributed by atoms with Crippen LogP contribution in [-0.4, -0.2) is 0 Å². The largest absolute Gasteiger partial charge is 0.0622 e. The lowest BCUT2D eigenvalue weighted by Crippen LogP contribution is -2.00. The molecule has 0 saturated heterocycles. The number of halogens is 1. The molecule has 0 aromatic heterocycles. The fourth-order valence-electron chi connectivity index (χ4n) is 4.06. The van der Waals surface area contributed by atoms with E-state index in [-0.39, 0.29) is 5.92 Å². The third-order valence-electron chi connectivity index (χ3n) is 5.25. The highest BCUT2D eigenvalue weighted by Gasteiger charge is 2.30. The van der Waals surface area contributed by atoms with Crippen LogP contribution in [0.5, 0.6) is 0 Å². The van der Waals surface area contributed by atoms with Crippen molar-refractivity contribution in [2.24, 2.45) is 0 Å². The standard InChI is InChI=1S/C25H17Br/c26-24-13-7-6-12-22(24)25-21-11-5-4-10-19(21)20-15-14-18(16-23(20)25)17-8-2-1-3-9-17/h1-16,25H. The zero-order valence-corrected chi connectivity index (χ0v) is 15.8. The molecule has 1 aliphatic carbocycles. The lowest BCUT2D eigenvalue weighted by Gasteiger charge is -2.17. The summed E-state index contributed by atoms with van der Waals surface area (Å²) >= 11 is 3.77. The molecule has 0 radical (unpaired) electrons. The van der Waals surface area contributed by atoms with Crippen LogP contribution in [0.4, 0.5) is 0 Å². The predicted molar refractivity (Wildman–Crippen MR) is 112 cm³/mol. The van der Waals surface area contributed by atoms with Crippen molar-refractivity contribution in [2.75, 3.05) is 0 Å². The SMILES string of the molecule is Brc1ccccc1C1c2ccccc2-c2ccc(-c3ccccc3)cc21. The Morgan fingerprint density at radius 1 is 0.500 bits per heavy atom. The summed E-state index contributed by atoms with van der Waals surface area (Å²) in [5.74, 6) is 0.264. The zero-order chi connectivity index (χ0) is 17.5. The number of fused-ring (bicyclic) bond motifs is 3. The molecule has 0 fully saturated rings. The summed E-state index contributed by atoms with van der Waals surface area (Å²) in [7, 11) is 0. The van der Waals surface area contributed by atoms with Crippen LogP contribution in [0.15, 0.2) is 102 Å². The number of benzene rings is 4. The molecule has 1 heteroatoms. The molecule has 124 valence electrons. The zero-order valence-electron chi connectivity index (χ0n) is 14.2. The molecule has 26 heavy (non-hydrogen) atoms. The minimum absolute atomic E-state index is 0.264. The van der Waals surface area contributed by atoms with Gasteiger partial charge in [0, 0.05) is 10.4 Å². The fourth-order valence-corrected chi connectivity index (χ4v) is 4.58. The summed E-state index contributed by atoms with van der Waals surface area (Å²) in [6, 6.07) is 34.9. The van der Waals surface area contributed by atoms with Crippen LogP contribution in [0.1, 0.15) is 22.6 Å². The Kier molecular flexibility index (Phi) is 3.76. The number of hydrogen-bond donors (Lipinski definition) is 0. The van der Waals surface area contributed by atoms with E-state index in [1.165, 1.54) is 38.9 Å². The van der Waals surface area contributed by atoms with E-state index < -0.39 is 0 Å². The van der Waals surface area contributed by atoms with Crippen molar-refractivity contribution in [1.82, 2.24) is 0 Å². The number of rotatable bonds is 2. The van der Waals surface area contributed by atoms with Gasteiger partial charge in [-0.3, -0.25) is 0 Å². The van der Waals surface area contributed by atoms with Crippen molar-refractivity contribution < 1.29 is 0 Å². The highest BCUT2D eigenvalue weighted by atomic mass is 79.9. The van der Waals surface area contributed by atoms with Crippen LogP contribution in [0.2, 0.25) is 0 Å². The smallest absolute Gasteiger partial charge is 0.0363 e. The molecule has 0 bridgehead atoms. The molecular weight excluding hydrogens is 380 g/mol. The first-order chi connectivity index (χ1) is 12.8. The minimum atomic E-state index is 0.264. The lowest BCUT2D eigenvalue weighted by molar-refractivity contribution is 1.01. The van der Waals surface area contributed by atoms with Crippen LogP contribution in [0.3, 0.4) is 0 Å². The first-order valence-corrected chi connectivity index (χ1v) is 9.65. The first kappa shape index (κ1) is 15.6. The third-order valence-corrected chi connectivity index (χ3v) is 5.97. The van der Waals surface area contributed by atoms with Gasteiger partial charge in [0.05, 0.1) is 0 Å². The molecule has 0 saturated carbocycles. The molecule has 0 amide bonds. The Labute approximate surface area is 162 Å². The Balaban J connectivity index is 1.76. The van der Waals surface area contributed by atoms with Crippen LogP contribution in [0.25, 0.3) is 22.3 Å². The number of hydrogen-bond acceptors (Lipinski definition) is 0. The van der Waals surface area contributed by atoms with E-state index in [1.807, 2.05) is 0 Å². The monoisotopic (exact) mass is 396 g/mol. The second-order valence-electron chi connectivity index (χ2n) is 6.71. The van der Waals surface area contributed by atoms with Crippen molar-refractivity contribution in [3.63, 3.8) is 0 Å². The molecular formula is C25H17Br. The normalized spacial score (nSPS) is 14.7. The van der Waals surface area contributed by atoms with Gasteiger partial charge >= 0.3 is 0 Å². The quantitative estimate of drug-likeness (QED) is 0.294. The topological polar surface area (TPSA) is 0 Å². The minimum Gasteiger partial charge on any atom is -0.0622 e. The Morgan fingerprint density at radius 3 is 1.96 bits per heavy atom.